The molecule has 0 aliphatic rings. The van der Waals surface area contributed by atoms with Crippen LogP contribution in [0.15, 0.2) is 23.2 Å². The van der Waals surface area contributed by atoms with E-state index in [0.29, 0.717) is 16.8 Å². The van der Waals surface area contributed by atoms with Crippen molar-refractivity contribution in [2.45, 2.75) is 26.2 Å². The van der Waals surface area contributed by atoms with Crippen molar-refractivity contribution in [1.82, 2.24) is 0 Å². The Hall–Kier alpha value is -2.35. The third-order valence-corrected chi connectivity index (χ3v) is 2.17. The summed E-state index contributed by atoms with van der Waals surface area (Å²) in [4.78, 5) is 13.8. The molecule has 0 bridgehead atoms. The number of nitrogens with zero attached hydrogens (tertiary/aromatic N) is 2. The molecule has 84 valence electrons. The molecule has 0 spiro atoms. The minimum Gasteiger partial charge on any atom is -0.211 e. The highest BCUT2D eigenvalue weighted by Crippen LogP contribution is 2.19. The maximum atomic E-state index is 10.3. The number of isocyanates is 1. The number of nitriles is 1. The maximum Gasteiger partial charge on any atom is 0.240 e. The molecule has 1 rings (SSSR count). The van der Waals surface area contributed by atoms with Gasteiger partial charge in [-0.3, -0.25) is 0 Å². The molecule has 0 fully saturated rings. The van der Waals surface area contributed by atoms with Gasteiger partial charge in [-0.25, -0.2) is 4.79 Å². The predicted molar refractivity (Wildman–Crippen MR) is 65.3 cm³/mol. The Balaban J connectivity index is 3.04. The van der Waals surface area contributed by atoms with Crippen LogP contribution < -0.4 is 0 Å². The van der Waals surface area contributed by atoms with E-state index in [-0.39, 0.29) is 0 Å². The Labute approximate surface area is 101 Å². The number of unbranched alkanes of at least 4 members (excludes halogenated alkanes) is 2. The van der Waals surface area contributed by atoms with E-state index < -0.39 is 0 Å². The molecule has 3 heteroatoms. The van der Waals surface area contributed by atoms with Crippen molar-refractivity contribution < 1.29 is 4.79 Å². The highest BCUT2D eigenvalue weighted by atomic mass is 16.1. The maximum absolute atomic E-state index is 10.3. The van der Waals surface area contributed by atoms with Gasteiger partial charge in [-0.15, -0.1) is 0 Å². The molecule has 0 aromatic heterocycles. The molecule has 0 atom stereocenters. The van der Waals surface area contributed by atoms with E-state index in [1.807, 2.05) is 6.07 Å². The SMILES string of the molecule is CCCCC#Cc1cc(C#N)ccc1N=C=O. The lowest BCUT2D eigenvalue weighted by Gasteiger charge is -1.96. The first-order valence-electron chi connectivity index (χ1n) is 5.42. The second-order valence-corrected chi connectivity index (χ2v) is 3.45. The van der Waals surface area contributed by atoms with Crippen LogP contribution in [0.1, 0.15) is 37.3 Å². The summed E-state index contributed by atoms with van der Waals surface area (Å²) in [6.07, 6.45) is 4.42. The van der Waals surface area contributed by atoms with Gasteiger partial charge in [-0.2, -0.15) is 10.3 Å². The van der Waals surface area contributed by atoms with E-state index in [0.717, 1.165) is 19.3 Å². The van der Waals surface area contributed by atoms with Crippen molar-refractivity contribution in [3.63, 3.8) is 0 Å². The van der Waals surface area contributed by atoms with Crippen molar-refractivity contribution in [1.29, 1.82) is 5.26 Å². The summed E-state index contributed by atoms with van der Waals surface area (Å²) in [6, 6.07) is 6.87. The first kappa shape index (κ1) is 12.7. The summed E-state index contributed by atoms with van der Waals surface area (Å²) >= 11 is 0. The molecule has 3 nitrogen and oxygen atoms in total. The molecule has 0 radical (unpaired) electrons. The third kappa shape index (κ3) is 3.95. The topological polar surface area (TPSA) is 53.2 Å². The summed E-state index contributed by atoms with van der Waals surface area (Å²) in [5.41, 5.74) is 1.57. The standard InChI is InChI=1S/C14H12N2O/c1-2-3-4-5-6-13-9-12(10-15)7-8-14(13)16-11-17/h7-9H,2-4H2,1H3. The Morgan fingerprint density at radius 1 is 1.41 bits per heavy atom. The highest BCUT2D eigenvalue weighted by Gasteiger charge is 2.00. The molecule has 0 saturated carbocycles. The summed E-state index contributed by atoms with van der Waals surface area (Å²) in [7, 11) is 0. The van der Waals surface area contributed by atoms with Crippen LogP contribution >= 0.6 is 0 Å². The van der Waals surface area contributed by atoms with Crippen molar-refractivity contribution >= 4 is 11.8 Å². The van der Waals surface area contributed by atoms with Gasteiger partial charge in [0.1, 0.15) is 0 Å². The average Bonchev–Trinajstić information content (AvgIpc) is 2.36. The van der Waals surface area contributed by atoms with Crippen LogP contribution in [0.5, 0.6) is 0 Å². The van der Waals surface area contributed by atoms with Gasteiger partial charge >= 0.3 is 0 Å². The molecule has 0 saturated heterocycles. The predicted octanol–water partition coefficient (Wildman–Crippen LogP) is 3.07. The van der Waals surface area contributed by atoms with Crippen molar-refractivity contribution in [3.05, 3.63) is 29.3 Å². The van der Waals surface area contributed by atoms with Gasteiger partial charge in [0.2, 0.25) is 6.08 Å². The van der Waals surface area contributed by atoms with Gasteiger partial charge in [0.25, 0.3) is 0 Å². The Kier molecular flexibility index (Phi) is 5.25. The lowest BCUT2D eigenvalue weighted by Crippen LogP contribution is -1.80. The zero-order valence-electron chi connectivity index (χ0n) is 9.66. The van der Waals surface area contributed by atoms with E-state index in [2.05, 4.69) is 23.8 Å². The van der Waals surface area contributed by atoms with Crippen molar-refractivity contribution in [2.24, 2.45) is 4.99 Å². The number of aliphatic imine (C=N–C) groups is 1. The smallest absolute Gasteiger partial charge is 0.211 e. The van der Waals surface area contributed by atoms with Gasteiger partial charge in [-0.05, 0) is 24.6 Å². The fourth-order valence-electron chi connectivity index (χ4n) is 1.28. The zero-order chi connectivity index (χ0) is 12.5. The molecule has 0 heterocycles. The molecule has 0 N–H and O–H groups in total. The normalized spacial score (nSPS) is 8.47. The molecule has 1 aromatic carbocycles. The van der Waals surface area contributed by atoms with Crippen LogP contribution in [0.2, 0.25) is 0 Å². The Morgan fingerprint density at radius 2 is 2.24 bits per heavy atom. The van der Waals surface area contributed by atoms with Crippen LogP contribution in [0.4, 0.5) is 5.69 Å². The van der Waals surface area contributed by atoms with Crippen LogP contribution in [0, 0.1) is 23.2 Å². The lowest BCUT2D eigenvalue weighted by molar-refractivity contribution is 0.565. The summed E-state index contributed by atoms with van der Waals surface area (Å²) in [5, 5.41) is 8.79. The first-order valence-corrected chi connectivity index (χ1v) is 5.42. The van der Waals surface area contributed by atoms with E-state index in [1.54, 1.807) is 18.2 Å². The number of carbonyl (C=O) groups excluding carboxylic acids is 1. The molecule has 17 heavy (non-hydrogen) atoms. The minimum absolute atomic E-state index is 0.461. The third-order valence-electron chi connectivity index (χ3n) is 2.17. The van der Waals surface area contributed by atoms with Crippen LogP contribution in [-0.4, -0.2) is 6.08 Å². The highest BCUT2D eigenvalue weighted by molar-refractivity contribution is 5.61. The van der Waals surface area contributed by atoms with Crippen LogP contribution in [-0.2, 0) is 4.79 Å². The summed E-state index contributed by atoms with van der Waals surface area (Å²) in [5.74, 6) is 5.94. The first-order chi connectivity index (χ1) is 8.31. The second-order valence-electron chi connectivity index (χ2n) is 3.45. The number of hydrogen-bond acceptors (Lipinski definition) is 3. The Bertz CT molecular complexity index is 538. The number of rotatable bonds is 3. The minimum atomic E-state index is 0.461. The number of benzene rings is 1. The Morgan fingerprint density at radius 3 is 2.88 bits per heavy atom. The zero-order valence-corrected chi connectivity index (χ0v) is 9.66. The lowest BCUT2D eigenvalue weighted by atomic mass is 10.1. The van der Waals surface area contributed by atoms with Gasteiger partial charge in [0.05, 0.1) is 22.9 Å². The van der Waals surface area contributed by atoms with Gasteiger partial charge in [0.15, 0.2) is 0 Å². The van der Waals surface area contributed by atoms with E-state index in [4.69, 9.17) is 5.26 Å². The molecular weight excluding hydrogens is 212 g/mol. The molecule has 0 unspecified atom stereocenters. The largest absolute Gasteiger partial charge is 0.240 e. The van der Waals surface area contributed by atoms with E-state index in [9.17, 15) is 4.79 Å². The molecule has 0 aliphatic carbocycles. The van der Waals surface area contributed by atoms with E-state index >= 15 is 0 Å². The number of hydrogen-bond donors (Lipinski definition) is 0. The van der Waals surface area contributed by atoms with E-state index in [1.165, 1.54) is 6.08 Å². The van der Waals surface area contributed by atoms with Gasteiger partial charge < -0.3 is 0 Å². The fraction of sp³-hybridized carbons (Fsp3) is 0.286. The quantitative estimate of drug-likeness (QED) is 0.343. The average molecular weight is 224 g/mol. The van der Waals surface area contributed by atoms with Crippen LogP contribution in [0.25, 0.3) is 0 Å². The van der Waals surface area contributed by atoms with Gasteiger partial charge in [-0.1, -0.05) is 25.2 Å². The van der Waals surface area contributed by atoms with Crippen molar-refractivity contribution in [3.8, 4) is 17.9 Å². The fourth-order valence-corrected chi connectivity index (χ4v) is 1.28. The molecule has 0 amide bonds. The molecule has 1 aromatic rings. The second kappa shape index (κ2) is 7.01. The summed E-state index contributed by atoms with van der Waals surface area (Å²) < 4.78 is 0. The van der Waals surface area contributed by atoms with Gasteiger partial charge in [0, 0.05) is 6.42 Å². The molecule has 0 aliphatic heterocycles. The monoisotopic (exact) mass is 224 g/mol. The molecular formula is C14H12N2O. The summed E-state index contributed by atoms with van der Waals surface area (Å²) in [6.45, 7) is 2.10. The van der Waals surface area contributed by atoms with Crippen LogP contribution in [0.3, 0.4) is 0 Å². The van der Waals surface area contributed by atoms with Crippen molar-refractivity contribution in [2.75, 3.05) is 0 Å².